The molecule has 0 aromatic carbocycles. The van der Waals surface area contributed by atoms with E-state index in [9.17, 15) is 5.11 Å². The Labute approximate surface area is 81.9 Å². The van der Waals surface area contributed by atoms with Crippen molar-refractivity contribution in [1.82, 2.24) is 4.90 Å². The second-order valence-corrected chi connectivity index (χ2v) is 4.31. The Hall–Kier alpha value is -0.120. The van der Waals surface area contributed by atoms with Gasteiger partial charge in [0, 0.05) is 18.6 Å². The normalized spacial score (nSPS) is 15.0. The molecule has 0 aliphatic rings. The summed E-state index contributed by atoms with van der Waals surface area (Å²) >= 11 is 0. The van der Waals surface area contributed by atoms with Crippen molar-refractivity contribution < 1.29 is 5.11 Å². The predicted molar refractivity (Wildman–Crippen MR) is 56.7 cm³/mol. The molecular formula is C10H24N2O. The quantitative estimate of drug-likeness (QED) is 0.649. The molecule has 0 rings (SSSR count). The van der Waals surface area contributed by atoms with Crippen LogP contribution in [0, 0.1) is 0 Å². The lowest BCUT2D eigenvalue weighted by molar-refractivity contribution is 0.0624. The first-order valence-electron chi connectivity index (χ1n) is 5.07. The second-order valence-electron chi connectivity index (χ2n) is 4.31. The van der Waals surface area contributed by atoms with E-state index in [-0.39, 0.29) is 11.6 Å². The molecule has 1 unspecified atom stereocenters. The van der Waals surface area contributed by atoms with Gasteiger partial charge in [-0.25, -0.2) is 0 Å². The van der Waals surface area contributed by atoms with Crippen LogP contribution >= 0.6 is 0 Å². The number of nitrogens with zero attached hydrogens (tertiary/aromatic N) is 1. The van der Waals surface area contributed by atoms with Crippen molar-refractivity contribution in [2.45, 2.75) is 45.8 Å². The second kappa shape index (κ2) is 5.58. The largest absolute Gasteiger partial charge is 0.392 e. The van der Waals surface area contributed by atoms with Gasteiger partial charge in [0.05, 0.1) is 6.10 Å². The van der Waals surface area contributed by atoms with E-state index >= 15 is 0 Å². The summed E-state index contributed by atoms with van der Waals surface area (Å²) in [5.74, 6) is 0. The molecule has 3 nitrogen and oxygen atoms in total. The summed E-state index contributed by atoms with van der Waals surface area (Å²) in [6, 6.07) is 0. The zero-order chi connectivity index (χ0) is 10.5. The van der Waals surface area contributed by atoms with Crippen LogP contribution in [0.2, 0.25) is 0 Å². The first-order valence-corrected chi connectivity index (χ1v) is 5.07. The lowest BCUT2D eigenvalue weighted by Crippen LogP contribution is -2.51. The molecule has 0 fully saturated rings. The van der Waals surface area contributed by atoms with Crippen molar-refractivity contribution >= 4 is 0 Å². The Bertz CT molecular complexity index is 135. The number of hydrogen-bond acceptors (Lipinski definition) is 3. The monoisotopic (exact) mass is 188 g/mol. The molecule has 0 aromatic heterocycles. The summed E-state index contributed by atoms with van der Waals surface area (Å²) in [6.07, 6.45) is 0.813. The van der Waals surface area contributed by atoms with Gasteiger partial charge in [-0.3, -0.25) is 4.90 Å². The fraction of sp³-hybridized carbons (Fsp3) is 1.00. The Kier molecular flexibility index (Phi) is 5.53. The number of aliphatic hydroxyl groups excluding tert-OH is 1. The molecule has 0 bridgehead atoms. The fourth-order valence-corrected chi connectivity index (χ4v) is 1.36. The van der Waals surface area contributed by atoms with Gasteiger partial charge in [0.2, 0.25) is 0 Å². The molecule has 0 saturated carbocycles. The summed E-state index contributed by atoms with van der Waals surface area (Å²) in [5, 5.41) is 9.33. The third kappa shape index (κ3) is 4.60. The van der Waals surface area contributed by atoms with Crippen molar-refractivity contribution in [3.05, 3.63) is 0 Å². The molecule has 80 valence electrons. The Morgan fingerprint density at radius 1 is 1.46 bits per heavy atom. The highest BCUT2D eigenvalue weighted by molar-refractivity contribution is 4.83. The van der Waals surface area contributed by atoms with Crippen molar-refractivity contribution in [2.75, 3.05) is 19.6 Å². The van der Waals surface area contributed by atoms with Crippen LogP contribution in [0.5, 0.6) is 0 Å². The first kappa shape index (κ1) is 12.9. The van der Waals surface area contributed by atoms with Crippen LogP contribution in [0.4, 0.5) is 0 Å². The number of nitrogens with two attached hydrogens (primary N) is 1. The SMILES string of the molecule is CCCN(CC(C)O)C(C)(C)CN. The highest BCUT2D eigenvalue weighted by atomic mass is 16.3. The van der Waals surface area contributed by atoms with Gasteiger partial charge in [0.25, 0.3) is 0 Å². The standard InChI is InChI=1S/C10H24N2O/c1-5-6-12(7-9(2)13)10(3,4)8-11/h9,13H,5-8,11H2,1-4H3. The van der Waals surface area contributed by atoms with Crippen molar-refractivity contribution in [3.63, 3.8) is 0 Å². The van der Waals surface area contributed by atoms with Crippen LogP contribution in [0.1, 0.15) is 34.1 Å². The van der Waals surface area contributed by atoms with Crippen LogP contribution < -0.4 is 5.73 Å². The van der Waals surface area contributed by atoms with E-state index in [2.05, 4.69) is 25.7 Å². The molecule has 0 radical (unpaired) electrons. The van der Waals surface area contributed by atoms with Crippen molar-refractivity contribution in [1.29, 1.82) is 0 Å². The Morgan fingerprint density at radius 2 is 2.00 bits per heavy atom. The minimum Gasteiger partial charge on any atom is -0.392 e. The Balaban J connectivity index is 4.22. The number of rotatable bonds is 6. The summed E-state index contributed by atoms with van der Waals surface area (Å²) in [7, 11) is 0. The molecule has 0 saturated heterocycles. The predicted octanol–water partition coefficient (Wildman–Crippen LogP) is 0.817. The van der Waals surface area contributed by atoms with Gasteiger partial charge in [-0.05, 0) is 33.7 Å². The van der Waals surface area contributed by atoms with E-state index in [1.54, 1.807) is 0 Å². The molecule has 0 aromatic rings. The third-order valence-electron chi connectivity index (χ3n) is 2.33. The van der Waals surface area contributed by atoms with E-state index in [1.807, 2.05) is 6.92 Å². The zero-order valence-electron chi connectivity index (χ0n) is 9.38. The molecule has 0 heterocycles. The zero-order valence-corrected chi connectivity index (χ0v) is 9.38. The van der Waals surface area contributed by atoms with Gasteiger partial charge in [0.15, 0.2) is 0 Å². The van der Waals surface area contributed by atoms with E-state index in [0.29, 0.717) is 13.1 Å². The summed E-state index contributed by atoms with van der Waals surface area (Å²) in [4.78, 5) is 2.25. The molecule has 0 spiro atoms. The number of hydrogen-bond donors (Lipinski definition) is 2. The molecular weight excluding hydrogens is 164 g/mol. The molecule has 0 aliphatic carbocycles. The molecule has 0 amide bonds. The maximum atomic E-state index is 9.33. The van der Waals surface area contributed by atoms with Crippen LogP contribution in [0.15, 0.2) is 0 Å². The smallest absolute Gasteiger partial charge is 0.0639 e. The van der Waals surface area contributed by atoms with Crippen LogP contribution in [0.3, 0.4) is 0 Å². The van der Waals surface area contributed by atoms with Gasteiger partial charge in [-0.1, -0.05) is 6.92 Å². The average Bonchev–Trinajstić information content (AvgIpc) is 2.03. The molecule has 3 N–H and O–H groups in total. The summed E-state index contributed by atoms with van der Waals surface area (Å²) in [5.41, 5.74) is 5.68. The van der Waals surface area contributed by atoms with Gasteiger partial charge >= 0.3 is 0 Å². The van der Waals surface area contributed by atoms with Crippen LogP contribution in [-0.4, -0.2) is 41.3 Å². The van der Waals surface area contributed by atoms with Crippen LogP contribution in [0.25, 0.3) is 0 Å². The molecule has 1 atom stereocenters. The van der Waals surface area contributed by atoms with E-state index < -0.39 is 0 Å². The highest BCUT2D eigenvalue weighted by Crippen LogP contribution is 2.13. The summed E-state index contributed by atoms with van der Waals surface area (Å²) < 4.78 is 0. The number of aliphatic hydroxyl groups is 1. The number of β-amino-alcohol motifs (C(OH)–C–C–N with tert-alkyl or cyclic N) is 1. The summed E-state index contributed by atoms with van der Waals surface area (Å²) in [6.45, 7) is 10.5. The molecule has 13 heavy (non-hydrogen) atoms. The maximum absolute atomic E-state index is 9.33. The van der Waals surface area contributed by atoms with E-state index in [1.165, 1.54) is 0 Å². The Morgan fingerprint density at radius 3 is 2.31 bits per heavy atom. The topological polar surface area (TPSA) is 49.5 Å². The molecule has 3 heteroatoms. The van der Waals surface area contributed by atoms with Crippen molar-refractivity contribution in [2.24, 2.45) is 5.73 Å². The van der Waals surface area contributed by atoms with Gasteiger partial charge in [0.1, 0.15) is 0 Å². The third-order valence-corrected chi connectivity index (χ3v) is 2.33. The first-order chi connectivity index (χ1) is 5.94. The van der Waals surface area contributed by atoms with E-state index in [4.69, 9.17) is 5.73 Å². The average molecular weight is 188 g/mol. The van der Waals surface area contributed by atoms with Crippen molar-refractivity contribution in [3.8, 4) is 0 Å². The minimum atomic E-state index is -0.280. The lowest BCUT2D eigenvalue weighted by Gasteiger charge is -2.38. The van der Waals surface area contributed by atoms with Gasteiger partial charge < -0.3 is 10.8 Å². The molecule has 0 aliphatic heterocycles. The van der Waals surface area contributed by atoms with Gasteiger partial charge in [-0.15, -0.1) is 0 Å². The lowest BCUT2D eigenvalue weighted by atomic mass is 10.0. The fourth-order valence-electron chi connectivity index (χ4n) is 1.36. The van der Waals surface area contributed by atoms with E-state index in [0.717, 1.165) is 13.0 Å². The highest BCUT2D eigenvalue weighted by Gasteiger charge is 2.24. The minimum absolute atomic E-state index is 0.00694. The van der Waals surface area contributed by atoms with Gasteiger partial charge in [-0.2, -0.15) is 0 Å². The maximum Gasteiger partial charge on any atom is 0.0639 e. The van der Waals surface area contributed by atoms with Crippen LogP contribution in [-0.2, 0) is 0 Å².